The summed E-state index contributed by atoms with van der Waals surface area (Å²) in [6.45, 7) is 7.61. The number of carbonyl (C=O) groups excluding carboxylic acids is 1. The molecule has 140 valence electrons. The highest BCUT2D eigenvalue weighted by Crippen LogP contribution is 2.49. The first-order valence-electron chi connectivity index (χ1n) is 9.59. The molecule has 1 aromatic heterocycles. The van der Waals surface area contributed by atoms with Crippen LogP contribution in [0.25, 0.3) is 6.08 Å². The number of benzene rings is 1. The molecule has 1 saturated carbocycles. The van der Waals surface area contributed by atoms with Gasteiger partial charge in [-0.15, -0.1) is 0 Å². The summed E-state index contributed by atoms with van der Waals surface area (Å²) in [5.74, 6) is 0.819. The zero-order valence-electron chi connectivity index (χ0n) is 16.4. The van der Waals surface area contributed by atoms with E-state index in [1.54, 1.807) is 0 Å². The smallest absolute Gasteiger partial charge is 0.412 e. The SMILES string of the molecule is Cc1ccc(C2C=Cc3cc(NC(=O)OC(C)(C)C)cc(C4CC4)c32)cn1. The number of amides is 1. The average Bonchev–Trinajstić information content (AvgIpc) is 3.33. The summed E-state index contributed by atoms with van der Waals surface area (Å²) in [5.41, 5.74) is 6.41. The molecule has 1 fully saturated rings. The molecule has 4 nitrogen and oxygen atoms in total. The lowest BCUT2D eigenvalue weighted by atomic mass is 9.88. The lowest BCUT2D eigenvalue weighted by molar-refractivity contribution is 0.0636. The fourth-order valence-corrected chi connectivity index (χ4v) is 3.66. The van der Waals surface area contributed by atoms with E-state index >= 15 is 0 Å². The maximum atomic E-state index is 12.2. The molecule has 27 heavy (non-hydrogen) atoms. The highest BCUT2D eigenvalue weighted by Gasteiger charge is 2.32. The molecule has 0 bridgehead atoms. The minimum Gasteiger partial charge on any atom is -0.444 e. The standard InChI is InChI=1S/C23H26N2O2/c1-14-5-6-17(13-24-14)19-10-9-16-11-18(25-22(26)27-23(2,3)4)12-20(21(16)19)15-7-8-15/h5-6,9-13,15,19H,7-8H2,1-4H3,(H,25,26). The Kier molecular flexibility index (Phi) is 4.29. The van der Waals surface area contributed by atoms with Gasteiger partial charge in [0.05, 0.1) is 0 Å². The van der Waals surface area contributed by atoms with Gasteiger partial charge in [-0.1, -0.05) is 18.2 Å². The highest BCUT2D eigenvalue weighted by atomic mass is 16.6. The summed E-state index contributed by atoms with van der Waals surface area (Å²) >= 11 is 0. The van der Waals surface area contributed by atoms with E-state index < -0.39 is 11.7 Å². The Balaban J connectivity index is 1.66. The van der Waals surface area contributed by atoms with Crippen molar-refractivity contribution in [1.82, 2.24) is 4.98 Å². The van der Waals surface area contributed by atoms with Gasteiger partial charge >= 0.3 is 6.09 Å². The van der Waals surface area contributed by atoms with Gasteiger partial charge < -0.3 is 4.74 Å². The molecule has 1 aromatic carbocycles. The summed E-state index contributed by atoms with van der Waals surface area (Å²) in [6.07, 6.45) is 8.38. The van der Waals surface area contributed by atoms with Crippen molar-refractivity contribution in [1.29, 1.82) is 0 Å². The number of allylic oxidation sites excluding steroid dienone is 1. The number of hydrogen-bond donors (Lipinski definition) is 1. The van der Waals surface area contributed by atoms with E-state index in [1.165, 1.54) is 35.1 Å². The molecule has 1 N–H and O–H groups in total. The Bertz CT molecular complexity index is 903. The zero-order chi connectivity index (χ0) is 19.2. The van der Waals surface area contributed by atoms with Gasteiger partial charge in [0.15, 0.2) is 0 Å². The quantitative estimate of drug-likeness (QED) is 0.754. The molecule has 2 aliphatic rings. The van der Waals surface area contributed by atoms with Gasteiger partial charge in [-0.05, 0) is 86.9 Å². The van der Waals surface area contributed by atoms with Crippen molar-refractivity contribution in [2.45, 2.75) is 58.0 Å². The van der Waals surface area contributed by atoms with E-state index in [2.05, 4.69) is 40.7 Å². The fourth-order valence-electron chi connectivity index (χ4n) is 3.66. The molecule has 0 aliphatic heterocycles. The topological polar surface area (TPSA) is 51.2 Å². The van der Waals surface area contributed by atoms with Crippen molar-refractivity contribution in [3.8, 4) is 0 Å². The van der Waals surface area contributed by atoms with Crippen LogP contribution in [-0.4, -0.2) is 16.7 Å². The van der Waals surface area contributed by atoms with Crippen molar-refractivity contribution < 1.29 is 9.53 Å². The molecule has 2 aromatic rings. The molecule has 1 amide bonds. The molecule has 4 heteroatoms. The summed E-state index contributed by atoms with van der Waals surface area (Å²) < 4.78 is 5.40. The summed E-state index contributed by atoms with van der Waals surface area (Å²) in [7, 11) is 0. The van der Waals surface area contributed by atoms with Gasteiger partial charge in [0.25, 0.3) is 0 Å². The molecule has 0 radical (unpaired) electrons. The van der Waals surface area contributed by atoms with Gasteiger partial charge in [0.2, 0.25) is 0 Å². The number of carbonyl (C=O) groups is 1. The minimum atomic E-state index is -0.510. The Hall–Kier alpha value is -2.62. The second kappa shape index (κ2) is 6.52. The lowest BCUT2D eigenvalue weighted by Gasteiger charge is -2.21. The molecule has 1 unspecified atom stereocenters. The van der Waals surface area contributed by atoms with Crippen LogP contribution in [0.15, 0.2) is 36.5 Å². The predicted molar refractivity (Wildman–Crippen MR) is 108 cm³/mol. The van der Waals surface area contributed by atoms with Crippen LogP contribution in [0.3, 0.4) is 0 Å². The van der Waals surface area contributed by atoms with Crippen molar-refractivity contribution in [2.75, 3.05) is 5.32 Å². The van der Waals surface area contributed by atoms with Crippen LogP contribution < -0.4 is 5.32 Å². The number of ether oxygens (including phenoxy) is 1. The number of fused-ring (bicyclic) bond motifs is 1. The molecular weight excluding hydrogens is 336 g/mol. The van der Waals surface area contributed by atoms with Gasteiger partial charge in [-0.3, -0.25) is 10.3 Å². The average molecular weight is 362 g/mol. The Morgan fingerprint density at radius 2 is 2.00 bits per heavy atom. The first kappa shape index (κ1) is 17.8. The molecule has 2 aliphatic carbocycles. The number of anilines is 1. The van der Waals surface area contributed by atoms with E-state index in [9.17, 15) is 4.79 Å². The van der Waals surface area contributed by atoms with Crippen LogP contribution in [0.2, 0.25) is 0 Å². The largest absolute Gasteiger partial charge is 0.444 e. The highest BCUT2D eigenvalue weighted by molar-refractivity contribution is 5.86. The molecule has 4 rings (SSSR count). The number of aromatic nitrogens is 1. The van der Waals surface area contributed by atoms with E-state index in [0.717, 1.165) is 11.4 Å². The molecule has 1 heterocycles. The van der Waals surface area contributed by atoms with E-state index in [0.29, 0.717) is 5.92 Å². The van der Waals surface area contributed by atoms with E-state index in [1.807, 2.05) is 40.0 Å². The van der Waals surface area contributed by atoms with Crippen LogP contribution >= 0.6 is 0 Å². The number of hydrogen-bond acceptors (Lipinski definition) is 3. The van der Waals surface area contributed by atoms with Crippen molar-refractivity contribution >= 4 is 17.9 Å². The zero-order valence-corrected chi connectivity index (χ0v) is 16.4. The van der Waals surface area contributed by atoms with Gasteiger partial charge in [0, 0.05) is 23.5 Å². The fraction of sp³-hybridized carbons (Fsp3) is 0.391. The maximum Gasteiger partial charge on any atom is 0.412 e. The first-order valence-corrected chi connectivity index (χ1v) is 9.59. The number of rotatable bonds is 3. The summed E-state index contributed by atoms with van der Waals surface area (Å²) in [4.78, 5) is 16.7. The first-order chi connectivity index (χ1) is 12.8. The number of nitrogens with zero attached hydrogens (tertiary/aromatic N) is 1. The van der Waals surface area contributed by atoms with Crippen LogP contribution in [-0.2, 0) is 4.74 Å². The Morgan fingerprint density at radius 3 is 2.63 bits per heavy atom. The third-order valence-corrected chi connectivity index (χ3v) is 4.98. The van der Waals surface area contributed by atoms with Crippen LogP contribution in [0, 0.1) is 6.92 Å². The second-order valence-corrected chi connectivity index (χ2v) is 8.54. The molecule has 0 saturated heterocycles. The van der Waals surface area contributed by atoms with Crippen molar-refractivity contribution in [2.24, 2.45) is 0 Å². The number of nitrogens with one attached hydrogen (secondary N) is 1. The lowest BCUT2D eigenvalue weighted by Crippen LogP contribution is -2.27. The van der Waals surface area contributed by atoms with Gasteiger partial charge in [-0.25, -0.2) is 4.79 Å². The third kappa shape index (κ3) is 3.90. The normalized spacial score (nSPS) is 18.3. The molecule has 0 spiro atoms. The van der Waals surface area contributed by atoms with E-state index in [-0.39, 0.29) is 5.92 Å². The van der Waals surface area contributed by atoms with Crippen molar-refractivity contribution in [3.63, 3.8) is 0 Å². The van der Waals surface area contributed by atoms with E-state index in [4.69, 9.17) is 4.74 Å². The Labute approximate surface area is 160 Å². The van der Waals surface area contributed by atoms with Gasteiger partial charge in [0.1, 0.15) is 5.60 Å². The molecule has 1 atom stereocenters. The third-order valence-electron chi connectivity index (χ3n) is 4.98. The summed E-state index contributed by atoms with van der Waals surface area (Å²) in [5, 5.41) is 2.91. The number of pyridine rings is 1. The maximum absolute atomic E-state index is 12.2. The van der Waals surface area contributed by atoms with Crippen molar-refractivity contribution in [3.05, 3.63) is 64.5 Å². The second-order valence-electron chi connectivity index (χ2n) is 8.54. The van der Waals surface area contributed by atoms with Crippen LogP contribution in [0.5, 0.6) is 0 Å². The summed E-state index contributed by atoms with van der Waals surface area (Å²) in [6, 6.07) is 8.40. The Morgan fingerprint density at radius 1 is 1.22 bits per heavy atom. The molecular formula is C23H26N2O2. The predicted octanol–water partition coefficient (Wildman–Crippen LogP) is 5.77. The van der Waals surface area contributed by atoms with Crippen LogP contribution in [0.1, 0.15) is 73.4 Å². The number of aryl methyl sites for hydroxylation is 1. The minimum absolute atomic E-state index is 0.235. The monoisotopic (exact) mass is 362 g/mol. The van der Waals surface area contributed by atoms with Gasteiger partial charge in [-0.2, -0.15) is 0 Å². The van der Waals surface area contributed by atoms with Crippen LogP contribution in [0.4, 0.5) is 10.5 Å².